The Bertz CT molecular complexity index is 295. The number of carbonyl (C=O) groups is 2. The molecule has 0 heterocycles. The first-order valence-corrected chi connectivity index (χ1v) is 5.09. The Hall–Kier alpha value is -1.56. The third kappa shape index (κ3) is 5.91. The molecule has 0 saturated heterocycles. The molecule has 17 heavy (non-hydrogen) atoms. The zero-order chi connectivity index (χ0) is 13.6. The van der Waals surface area contributed by atoms with Crippen LogP contribution in [0, 0.1) is 0 Å². The number of carbonyl (C=O) groups excluding carboxylic acids is 2. The zero-order valence-electron chi connectivity index (χ0n) is 10.5. The highest BCUT2D eigenvalue weighted by Crippen LogP contribution is 2.07. The molecule has 0 aliphatic rings. The third-order valence-corrected chi connectivity index (χ3v) is 1.71. The molecule has 0 aromatic heterocycles. The van der Waals surface area contributed by atoms with E-state index in [4.69, 9.17) is 4.74 Å². The number of esters is 1. The van der Waals surface area contributed by atoms with E-state index in [9.17, 15) is 14.7 Å². The number of alkyl carbamates (subject to hydrolysis) is 1. The van der Waals surface area contributed by atoms with Crippen LogP contribution < -0.4 is 5.32 Å². The number of nitrogens with one attached hydrogen (secondary N) is 1. The van der Waals surface area contributed by atoms with Gasteiger partial charge in [0, 0.05) is 0 Å². The molecule has 0 aliphatic heterocycles. The Morgan fingerprint density at radius 3 is 2.29 bits per heavy atom. The minimum atomic E-state index is -1.24. The van der Waals surface area contributed by atoms with Gasteiger partial charge < -0.3 is 19.9 Å². The Kier molecular flexibility index (Phi) is 5.67. The zero-order valence-corrected chi connectivity index (χ0v) is 10.5. The van der Waals surface area contributed by atoms with Crippen LogP contribution in [0.25, 0.3) is 0 Å². The molecule has 1 amide bonds. The van der Waals surface area contributed by atoms with E-state index in [1.807, 2.05) is 0 Å². The summed E-state index contributed by atoms with van der Waals surface area (Å²) in [6, 6.07) is -1.23. The van der Waals surface area contributed by atoms with Crippen LogP contribution >= 0.6 is 0 Å². The van der Waals surface area contributed by atoms with Crippen molar-refractivity contribution in [3.8, 4) is 0 Å². The lowest BCUT2D eigenvalue weighted by Crippen LogP contribution is -2.50. The highest BCUT2D eigenvalue weighted by Gasteiger charge is 2.29. The quantitative estimate of drug-likeness (QED) is 0.559. The lowest BCUT2D eigenvalue weighted by Gasteiger charge is -2.23. The average Bonchev–Trinajstić information content (AvgIpc) is 2.21. The summed E-state index contributed by atoms with van der Waals surface area (Å²) in [5.41, 5.74) is -0.691. The van der Waals surface area contributed by atoms with Gasteiger partial charge in [0.25, 0.3) is 0 Å². The molecule has 0 bridgehead atoms. The molecule has 0 aromatic rings. The molecule has 0 aliphatic carbocycles. The molecule has 0 radical (unpaired) electrons. The van der Waals surface area contributed by atoms with Crippen molar-refractivity contribution in [3.63, 3.8) is 0 Å². The summed E-state index contributed by atoms with van der Waals surface area (Å²) >= 11 is 0. The summed E-state index contributed by atoms with van der Waals surface area (Å²) in [6.45, 7) is 8.38. The Morgan fingerprint density at radius 2 is 1.94 bits per heavy atom. The van der Waals surface area contributed by atoms with Gasteiger partial charge in [-0.25, -0.2) is 9.59 Å². The van der Waals surface area contributed by atoms with Crippen LogP contribution in [0.2, 0.25) is 0 Å². The molecule has 2 unspecified atom stereocenters. The second-order valence-corrected chi connectivity index (χ2v) is 4.37. The van der Waals surface area contributed by atoms with Gasteiger partial charge >= 0.3 is 12.1 Å². The summed E-state index contributed by atoms with van der Waals surface area (Å²) in [4.78, 5) is 22.7. The number of hydrogen-bond donors (Lipinski definition) is 2. The SMILES string of the molecule is C=CC(O)C(NC(=O)OC(C)(C)C)C(=O)OC. The molecule has 0 fully saturated rings. The second-order valence-electron chi connectivity index (χ2n) is 4.37. The first kappa shape index (κ1) is 15.4. The van der Waals surface area contributed by atoms with Crippen molar-refractivity contribution in [2.45, 2.75) is 38.5 Å². The van der Waals surface area contributed by atoms with E-state index in [1.165, 1.54) is 0 Å². The van der Waals surface area contributed by atoms with Crippen LogP contribution in [-0.4, -0.2) is 42.0 Å². The van der Waals surface area contributed by atoms with E-state index < -0.39 is 29.8 Å². The van der Waals surface area contributed by atoms with Crippen molar-refractivity contribution in [2.24, 2.45) is 0 Å². The van der Waals surface area contributed by atoms with Crippen molar-refractivity contribution in [2.75, 3.05) is 7.11 Å². The molecule has 0 aromatic carbocycles. The fourth-order valence-electron chi connectivity index (χ4n) is 0.981. The Labute approximate surface area is 101 Å². The summed E-state index contributed by atoms with van der Waals surface area (Å²) in [5.74, 6) is -0.775. The van der Waals surface area contributed by atoms with Crippen molar-refractivity contribution in [1.82, 2.24) is 5.32 Å². The molecule has 0 spiro atoms. The van der Waals surface area contributed by atoms with Gasteiger partial charge in [-0.15, -0.1) is 6.58 Å². The van der Waals surface area contributed by atoms with Gasteiger partial charge in [-0.05, 0) is 20.8 Å². The van der Waals surface area contributed by atoms with Crippen molar-refractivity contribution < 1.29 is 24.2 Å². The van der Waals surface area contributed by atoms with Crippen LogP contribution in [0.1, 0.15) is 20.8 Å². The van der Waals surface area contributed by atoms with Crippen molar-refractivity contribution in [1.29, 1.82) is 0 Å². The maximum Gasteiger partial charge on any atom is 0.408 e. The largest absolute Gasteiger partial charge is 0.467 e. The van der Waals surface area contributed by atoms with Crippen LogP contribution in [0.5, 0.6) is 0 Å². The minimum absolute atomic E-state index is 0.691. The summed E-state index contributed by atoms with van der Waals surface area (Å²) in [6.07, 6.45) is -0.928. The molecule has 6 nitrogen and oxygen atoms in total. The van der Waals surface area contributed by atoms with E-state index in [-0.39, 0.29) is 0 Å². The first-order chi connectivity index (χ1) is 7.71. The lowest BCUT2D eigenvalue weighted by molar-refractivity contribution is -0.145. The fraction of sp³-hybridized carbons (Fsp3) is 0.636. The summed E-state index contributed by atoms with van der Waals surface area (Å²) in [7, 11) is 1.15. The second kappa shape index (κ2) is 6.24. The number of rotatable bonds is 4. The van der Waals surface area contributed by atoms with E-state index >= 15 is 0 Å². The van der Waals surface area contributed by atoms with Crippen molar-refractivity contribution in [3.05, 3.63) is 12.7 Å². The summed E-state index contributed by atoms with van der Waals surface area (Å²) < 4.78 is 9.40. The molecule has 6 heteroatoms. The van der Waals surface area contributed by atoms with Crippen LogP contribution in [0.4, 0.5) is 4.79 Å². The smallest absolute Gasteiger partial charge is 0.408 e. The van der Waals surface area contributed by atoms with Crippen LogP contribution in [-0.2, 0) is 14.3 Å². The Morgan fingerprint density at radius 1 is 1.41 bits per heavy atom. The predicted octanol–water partition coefficient (Wildman–Crippen LogP) is 0.600. The molecule has 2 N–H and O–H groups in total. The molecule has 98 valence electrons. The van der Waals surface area contributed by atoms with Crippen LogP contribution in [0.15, 0.2) is 12.7 Å². The monoisotopic (exact) mass is 245 g/mol. The summed E-state index contributed by atoms with van der Waals surface area (Å²) in [5, 5.41) is 11.7. The maximum atomic E-state index is 11.4. The van der Waals surface area contributed by atoms with Gasteiger partial charge in [0.1, 0.15) is 11.7 Å². The average molecular weight is 245 g/mol. The maximum absolute atomic E-state index is 11.4. The number of aliphatic hydroxyl groups excluding tert-OH is 1. The molecule has 0 rings (SSSR count). The normalized spacial score (nSPS) is 14.4. The lowest BCUT2D eigenvalue weighted by atomic mass is 10.1. The van der Waals surface area contributed by atoms with Crippen LogP contribution in [0.3, 0.4) is 0 Å². The number of ether oxygens (including phenoxy) is 2. The van der Waals surface area contributed by atoms with Gasteiger partial charge in [-0.1, -0.05) is 6.08 Å². The molecular weight excluding hydrogens is 226 g/mol. The fourth-order valence-corrected chi connectivity index (χ4v) is 0.981. The van der Waals surface area contributed by atoms with Crippen molar-refractivity contribution >= 4 is 12.1 Å². The molecule has 0 saturated carbocycles. The minimum Gasteiger partial charge on any atom is -0.467 e. The van der Waals surface area contributed by atoms with Gasteiger partial charge in [0.05, 0.1) is 7.11 Å². The highest BCUT2D eigenvalue weighted by atomic mass is 16.6. The number of amides is 1. The number of aliphatic hydroxyl groups is 1. The van der Waals surface area contributed by atoms with Gasteiger partial charge in [-0.2, -0.15) is 0 Å². The third-order valence-electron chi connectivity index (χ3n) is 1.71. The number of methoxy groups -OCH3 is 1. The van der Waals surface area contributed by atoms with E-state index in [0.29, 0.717) is 0 Å². The topological polar surface area (TPSA) is 84.9 Å². The van der Waals surface area contributed by atoms with E-state index in [0.717, 1.165) is 13.2 Å². The molecule has 2 atom stereocenters. The number of hydrogen-bond acceptors (Lipinski definition) is 5. The standard InChI is InChI=1S/C11H19NO5/c1-6-7(13)8(9(14)16-5)12-10(15)17-11(2,3)4/h6-8,13H,1H2,2-5H3,(H,12,15). The predicted molar refractivity (Wildman–Crippen MR) is 61.4 cm³/mol. The Balaban J connectivity index is 4.60. The van der Waals surface area contributed by atoms with Gasteiger partial charge in [-0.3, -0.25) is 0 Å². The van der Waals surface area contributed by atoms with Gasteiger partial charge in [0.2, 0.25) is 0 Å². The highest BCUT2D eigenvalue weighted by molar-refractivity contribution is 5.82. The first-order valence-electron chi connectivity index (χ1n) is 5.09. The van der Waals surface area contributed by atoms with E-state index in [2.05, 4.69) is 16.6 Å². The molecular formula is C11H19NO5. The van der Waals surface area contributed by atoms with E-state index in [1.54, 1.807) is 20.8 Å². The van der Waals surface area contributed by atoms with Gasteiger partial charge in [0.15, 0.2) is 6.04 Å².